The predicted octanol–water partition coefficient (Wildman–Crippen LogP) is 10.8. The maximum absolute atomic E-state index is 8.06. The molecule has 222 valence electrons. The summed E-state index contributed by atoms with van der Waals surface area (Å²) >= 11 is 0. The predicted molar refractivity (Wildman–Crippen MR) is 192 cm³/mol. The van der Waals surface area contributed by atoms with Gasteiger partial charge in [-0.3, -0.25) is 0 Å². The summed E-state index contributed by atoms with van der Waals surface area (Å²) < 4.78 is 2.27. The lowest BCUT2D eigenvalue weighted by Gasteiger charge is -2.13. The van der Waals surface area contributed by atoms with Gasteiger partial charge < -0.3 is 4.57 Å². The van der Waals surface area contributed by atoms with Gasteiger partial charge in [0, 0.05) is 33.2 Å². The van der Waals surface area contributed by atoms with Gasteiger partial charge in [-0.15, -0.1) is 0 Å². The van der Waals surface area contributed by atoms with Gasteiger partial charge in [-0.05, 0) is 55.3 Å². The molecule has 0 saturated carbocycles. The SMILES string of the molecule is [C-]#[N+]c1ccc(-n2c3ccccc3c3cc(-c4cc(C)cc(C)c4)ccc32)cc1-c1nc(-c2ccccc2)nc(-c2ccccc2)n1. The molecule has 0 amide bonds. The van der Waals surface area contributed by atoms with E-state index >= 15 is 0 Å². The zero-order valence-electron chi connectivity index (χ0n) is 26.0. The number of hydrogen-bond donors (Lipinski definition) is 0. The van der Waals surface area contributed by atoms with Gasteiger partial charge in [0.2, 0.25) is 0 Å². The molecule has 2 heterocycles. The number of nitrogens with zero attached hydrogens (tertiary/aromatic N) is 5. The molecule has 0 saturated heterocycles. The lowest BCUT2D eigenvalue weighted by atomic mass is 9.99. The van der Waals surface area contributed by atoms with Gasteiger partial charge in [0.05, 0.1) is 17.6 Å². The van der Waals surface area contributed by atoms with Crippen LogP contribution in [0, 0.1) is 20.4 Å². The van der Waals surface area contributed by atoms with E-state index in [2.05, 4.69) is 83.9 Å². The van der Waals surface area contributed by atoms with E-state index in [4.69, 9.17) is 21.5 Å². The first kappa shape index (κ1) is 28.1. The molecule has 8 aromatic rings. The Morgan fingerprint density at radius 1 is 0.489 bits per heavy atom. The molecule has 0 unspecified atom stereocenters. The summed E-state index contributed by atoms with van der Waals surface area (Å²) in [7, 11) is 0. The normalized spacial score (nSPS) is 11.2. The Bertz CT molecular complexity index is 2410. The third-order valence-electron chi connectivity index (χ3n) is 8.53. The molecule has 0 fully saturated rings. The van der Waals surface area contributed by atoms with Crippen molar-refractivity contribution >= 4 is 27.5 Å². The number of rotatable bonds is 5. The van der Waals surface area contributed by atoms with Crippen LogP contribution >= 0.6 is 0 Å². The highest BCUT2D eigenvalue weighted by Gasteiger charge is 2.18. The topological polar surface area (TPSA) is 48.0 Å². The van der Waals surface area contributed by atoms with Gasteiger partial charge >= 0.3 is 0 Å². The Labute approximate surface area is 273 Å². The van der Waals surface area contributed by atoms with Gasteiger partial charge in [0.1, 0.15) is 0 Å². The van der Waals surface area contributed by atoms with E-state index in [0.717, 1.165) is 27.8 Å². The third-order valence-corrected chi connectivity index (χ3v) is 8.53. The van der Waals surface area contributed by atoms with Crippen molar-refractivity contribution in [2.45, 2.75) is 13.8 Å². The number of aryl methyl sites for hydroxylation is 2. The van der Waals surface area contributed by atoms with Crippen molar-refractivity contribution in [3.05, 3.63) is 162 Å². The summed E-state index contributed by atoms with van der Waals surface area (Å²) in [5.74, 6) is 1.58. The van der Waals surface area contributed by atoms with Crippen LogP contribution in [0.3, 0.4) is 0 Å². The van der Waals surface area contributed by atoms with Crippen LogP contribution in [0.1, 0.15) is 11.1 Å². The lowest BCUT2D eigenvalue weighted by molar-refractivity contribution is 1.07. The van der Waals surface area contributed by atoms with Gasteiger partial charge in [0.25, 0.3) is 0 Å². The van der Waals surface area contributed by atoms with Crippen LogP contribution in [0.5, 0.6) is 0 Å². The van der Waals surface area contributed by atoms with Crippen molar-refractivity contribution in [1.29, 1.82) is 0 Å². The summed E-state index contributed by atoms with van der Waals surface area (Å²) in [4.78, 5) is 18.6. The highest BCUT2D eigenvalue weighted by molar-refractivity contribution is 6.10. The molecule has 6 aromatic carbocycles. The zero-order valence-corrected chi connectivity index (χ0v) is 26.0. The Morgan fingerprint density at radius 2 is 1.09 bits per heavy atom. The summed E-state index contributed by atoms with van der Waals surface area (Å²) in [6.07, 6.45) is 0. The van der Waals surface area contributed by atoms with Gasteiger partial charge in [-0.1, -0.05) is 120 Å². The second-order valence-corrected chi connectivity index (χ2v) is 11.8. The lowest BCUT2D eigenvalue weighted by Crippen LogP contribution is -2.01. The average Bonchev–Trinajstić information content (AvgIpc) is 3.45. The highest BCUT2D eigenvalue weighted by atomic mass is 15.0. The molecule has 0 atom stereocenters. The van der Waals surface area contributed by atoms with E-state index in [1.165, 1.54) is 33.0 Å². The first-order chi connectivity index (χ1) is 23.1. The molecule has 47 heavy (non-hydrogen) atoms. The zero-order chi connectivity index (χ0) is 31.9. The highest BCUT2D eigenvalue weighted by Crippen LogP contribution is 2.38. The summed E-state index contributed by atoms with van der Waals surface area (Å²) in [6, 6.07) is 47.6. The maximum Gasteiger partial charge on any atom is 0.198 e. The molecule has 0 bridgehead atoms. The Balaban J connectivity index is 1.34. The molecule has 8 rings (SSSR count). The van der Waals surface area contributed by atoms with Crippen LogP contribution in [-0.2, 0) is 0 Å². The quantitative estimate of drug-likeness (QED) is 0.184. The minimum absolute atomic E-state index is 0.462. The van der Waals surface area contributed by atoms with Gasteiger partial charge in [-0.2, -0.15) is 0 Å². The van der Waals surface area contributed by atoms with E-state index in [-0.39, 0.29) is 0 Å². The Morgan fingerprint density at radius 3 is 1.74 bits per heavy atom. The van der Waals surface area contributed by atoms with Gasteiger partial charge in [0.15, 0.2) is 23.2 Å². The summed E-state index contributed by atoms with van der Waals surface area (Å²) in [6.45, 7) is 12.3. The van der Waals surface area contributed by atoms with E-state index in [1.807, 2.05) is 78.9 Å². The monoisotopic (exact) mass is 603 g/mol. The molecule has 2 aromatic heterocycles. The Hall–Kier alpha value is -6.38. The molecule has 0 aliphatic carbocycles. The number of hydrogen-bond acceptors (Lipinski definition) is 3. The molecule has 0 aliphatic rings. The van der Waals surface area contributed by atoms with Gasteiger partial charge in [-0.25, -0.2) is 19.8 Å². The van der Waals surface area contributed by atoms with Crippen LogP contribution in [0.4, 0.5) is 5.69 Å². The second-order valence-electron chi connectivity index (χ2n) is 11.8. The van der Waals surface area contributed by atoms with Crippen molar-refractivity contribution in [2.24, 2.45) is 0 Å². The molecule has 0 N–H and O–H groups in total. The van der Waals surface area contributed by atoms with Crippen molar-refractivity contribution in [3.8, 4) is 51.0 Å². The maximum atomic E-state index is 8.06. The largest absolute Gasteiger partial charge is 0.309 e. The fourth-order valence-corrected chi connectivity index (χ4v) is 6.44. The number of aromatic nitrogens is 4. The number of benzene rings is 6. The molecular formula is C42H29N5. The standard InChI is InChI=1S/C42H29N5/c1-27-22-28(2)24-32(23-27)31-18-21-39-35(25-31)34-16-10-11-17-38(34)47(39)33-19-20-37(43-3)36(26-33)42-45-40(29-12-6-4-7-13-29)44-41(46-42)30-14-8-5-9-15-30/h4-26H,1-2H3. The fourth-order valence-electron chi connectivity index (χ4n) is 6.44. The van der Waals surface area contributed by atoms with Crippen LogP contribution in [-0.4, -0.2) is 19.5 Å². The molecular weight excluding hydrogens is 574 g/mol. The number of para-hydroxylation sites is 1. The summed E-state index contributed by atoms with van der Waals surface area (Å²) in [5, 5.41) is 2.34. The van der Waals surface area contributed by atoms with E-state index < -0.39 is 0 Å². The van der Waals surface area contributed by atoms with Crippen molar-refractivity contribution in [1.82, 2.24) is 19.5 Å². The van der Waals surface area contributed by atoms with E-state index in [1.54, 1.807) is 0 Å². The van der Waals surface area contributed by atoms with Crippen LogP contribution < -0.4 is 0 Å². The summed E-state index contributed by atoms with van der Waals surface area (Å²) in [5.41, 5.74) is 10.9. The van der Waals surface area contributed by atoms with Crippen LogP contribution in [0.25, 0.3) is 77.6 Å². The molecule has 5 heteroatoms. The average molecular weight is 604 g/mol. The smallest absolute Gasteiger partial charge is 0.198 e. The first-order valence-electron chi connectivity index (χ1n) is 15.6. The van der Waals surface area contributed by atoms with Crippen molar-refractivity contribution < 1.29 is 0 Å². The molecule has 5 nitrogen and oxygen atoms in total. The molecule has 0 spiro atoms. The Kier molecular flexibility index (Phi) is 6.89. The van der Waals surface area contributed by atoms with Crippen molar-refractivity contribution in [3.63, 3.8) is 0 Å². The van der Waals surface area contributed by atoms with Crippen LogP contribution in [0.15, 0.2) is 140 Å². The van der Waals surface area contributed by atoms with Crippen molar-refractivity contribution in [2.75, 3.05) is 0 Å². The van der Waals surface area contributed by atoms with E-state index in [9.17, 15) is 0 Å². The second kappa shape index (κ2) is 11.5. The number of fused-ring (bicyclic) bond motifs is 3. The molecule has 0 aliphatic heterocycles. The third kappa shape index (κ3) is 5.12. The minimum Gasteiger partial charge on any atom is -0.309 e. The minimum atomic E-state index is 0.462. The molecule has 0 radical (unpaired) electrons. The van der Waals surface area contributed by atoms with E-state index in [0.29, 0.717) is 28.7 Å². The first-order valence-corrected chi connectivity index (χ1v) is 15.6. The fraction of sp³-hybridized carbons (Fsp3) is 0.0476. The van der Waals surface area contributed by atoms with Crippen LogP contribution in [0.2, 0.25) is 0 Å².